The molecule has 0 aromatic carbocycles. The molecule has 0 saturated heterocycles. The predicted molar refractivity (Wildman–Crippen MR) is 60.8 cm³/mol. The Bertz CT molecular complexity index is 327. The van der Waals surface area contributed by atoms with Gasteiger partial charge in [0.25, 0.3) is 0 Å². The molecule has 14 heavy (non-hydrogen) atoms. The van der Waals surface area contributed by atoms with Gasteiger partial charge in [0.05, 0.1) is 0 Å². The van der Waals surface area contributed by atoms with Crippen LogP contribution in [0.25, 0.3) is 0 Å². The zero-order valence-corrected chi connectivity index (χ0v) is 9.80. The molecule has 0 spiro atoms. The molecule has 78 valence electrons. The van der Waals surface area contributed by atoms with Crippen molar-refractivity contribution >= 4 is 0 Å². The minimum Gasteiger partial charge on any atom is -0.345 e. The molecular weight excluding hydrogens is 170 g/mol. The average molecular weight is 191 g/mol. The van der Waals surface area contributed by atoms with Crippen molar-refractivity contribution < 1.29 is 0 Å². The molecule has 1 unspecified atom stereocenters. The molecule has 1 aliphatic rings. The Labute approximate surface area is 87.1 Å². The number of hydrogen-bond acceptors (Lipinski definition) is 0. The second-order valence-electron chi connectivity index (χ2n) is 5.57. The third kappa shape index (κ3) is 1.49. The van der Waals surface area contributed by atoms with Crippen molar-refractivity contribution in [2.45, 2.75) is 58.4 Å². The van der Waals surface area contributed by atoms with Gasteiger partial charge in [-0.05, 0) is 38.3 Å². The second-order valence-corrected chi connectivity index (χ2v) is 5.57. The lowest BCUT2D eigenvalue weighted by Crippen LogP contribution is -2.23. The van der Waals surface area contributed by atoms with Crippen molar-refractivity contribution in [2.75, 3.05) is 0 Å². The van der Waals surface area contributed by atoms with Crippen LogP contribution in [0.2, 0.25) is 0 Å². The van der Waals surface area contributed by atoms with Crippen molar-refractivity contribution in [3.05, 3.63) is 23.5 Å². The van der Waals surface area contributed by atoms with Gasteiger partial charge in [-0.15, -0.1) is 0 Å². The lowest BCUT2D eigenvalue weighted by atomic mass is 9.91. The van der Waals surface area contributed by atoms with Crippen molar-refractivity contribution in [2.24, 2.45) is 0 Å². The Balaban J connectivity index is 2.49. The maximum Gasteiger partial charge on any atom is 0.0308 e. The van der Waals surface area contributed by atoms with E-state index in [1.807, 2.05) is 0 Å². The Kier molecular flexibility index (Phi) is 2.21. The van der Waals surface area contributed by atoms with Crippen LogP contribution >= 0.6 is 0 Å². The number of nitrogens with zero attached hydrogens (tertiary/aromatic N) is 1. The lowest BCUT2D eigenvalue weighted by Gasteiger charge is -2.30. The number of rotatable bonds is 0. The predicted octanol–water partition coefficient (Wildman–Crippen LogP) is 3.68. The van der Waals surface area contributed by atoms with Crippen LogP contribution in [-0.2, 0) is 11.8 Å². The maximum atomic E-state index is 2.56. The summed E-state index contributed by atoms with van der Waals surface area (Å²) in [5.74, 6) is 0. The molecule has 1 heteroatoms. The van der Waals surface area contributed by atoms with Crippen molar-refractivity contribution in [1.29, 1.82) is 0 Å². The van der Waals surface area contributed by atoms with Crippen LogP contribution in [0.4, 0.5) is 0 Å². The maximum absolute atomic E-state index is 2.56. The highest BCUT2D eigenvalue weighted by Gasteiger charge is 2.24. The van der Waals surface area contributed by atoms with E-state index in [9.17, 15) is 0 Å². The first-order chi connectivity index (χ1) is 6.50. The van der Waals surface area contributed by atoms with Crippen molar-refractivity contribution in [3.8, 4) is 0 Å². The zero-order chi connectivity index (χ0) is 10.3. The van der Waals surface area contributed by atoms with Gasteiger partial charge < -0.3 is 4.57 Å². The summed E-state index contributed by atoms with van der Waals surface area (Å²) >= 11 is 0. The molecule has 0 saturated carbocycles. The Morgan fingerprint density at radius 1 is 1.29 bits per heavy atom. The third-order valence-corrected chi connectivity index (χ3v) is 3.27. The van der Waals surface area contributed by atoms with E-state index in [-0.39, 0.29) is 5.41 Å². The van der Waals surface area contributed by atoms with Gasteiger partial charge in [0.2, 0.25) is 0 Å². The first-order valence-corrected chi connectivity index (χ1v) is 5.71. The average Bonchev–Trinajstić information content (AvgIpc) is 2.47. The Hall–Kier alpha value is -0.720. The summed E-state index contributed by atoms with van der Waals surface area (Å²) in [6, 6.07) is 5.33. The van der Waals surface area contributed by atoms with E-state index in [0.717, 1.165) is 0 Å². The molecule has 1 aromatic heterocycles. The number of hydrogen-bond donors (Lipinski definition) is 0. The lowest BCUT2D eigenvalue weighted by molar-refractivity contribution is 0.393. The van der Waals surface area contributed by atoms with Gasteiger partial charge in [-0.1, -0.05) is 20.8 Å². The Morgan fingerprint density at radius 3 is 2.64 bits per heavy atom. The smallest absolute Gasteiger partial charge is 0.0308 e. The van der Waals surface area contributed by atoms with Gasteiger partial charge >= 0.3 is 0 Å². The van der Waals surface area contributed by atoms with Crippen molar-refractivity contribution in [3.63, 3.8) is 0 Å². The normalized spacial score (nSPS) is 22.1. The van der Waals surface area contributed by atoms with E-state index in [4.69, 9.17) is 0 Å². The standard InChI is InChI=1S/C13H21N/c1-10-6-5-7-11-8-9-12(14(10)11)13(2,3)4/h8-10H,5-7H2,1-4H3. The SMILES string of the molecule is CC1CCCc2ccc(C(C)(C)C)n21. The summed E-state index contributed by atoms with van der Waals surface area (Å²) < 4.78 is 2.56. The fourth-order valence-corrected chi connectivity index (χ4v) is 2.53. The first-order valence-electron chi connectivity index (χ1n) is 5.71. The summed E-state index contributed by atoms with van der Waals surface area (Å²) in [6.07, 6.45) is 3.96. The minimum absolute atomic E-state index is 0.282. The van der Waals surface area contributed by atoms with Gasteiger partial charge in [-0.2, -0.15) is 0 Å². The molecule has 0 fully saturated rings. The molecule has 0 amide bonds. The highest BCUT2D eigenvalue weighted by molar-refractivity contribution is 5.24. The van der Waals surface area contributed by atoms with Crippen LogP contribution in [0, 0.1) is 0 Å². The molecule has 0 aliphatic carbocycles. The molecule has 1 nitrogen and oxygen atoms in total. The summed E-state index contributed by atoms with van der Waals surface area (Å²) in [5.41, 5.74) is 3.32. The quantitative estimate of drug-likeness (QED) is 0.589. The van der Waals surface area contributed by atoms with Crippen LogP contribution in [0.1, 0.15) is 58.0 Å². The summed E-state index contributed by atoms with van der Waals surface area (Å²) in [6.45, 7) is 9.25. The number of aromatic nitrogens is 1. The molecular formula is C13H21N. The summed E-state index contributed by atoms with van der Waals surface area (Å²) in [4.78, 5) is 0. The van der Waals surface area contributed by atoms with Gasteiger partial charge in [-0.3, -0.25) is 0 Å². The van der Waals surface area contributed by atoms with Crippen LogP contribution in [0.3, 0.4) is 0 Å². The topological polar surface area (TPSA) is 4.93 Å². The third-order valence-electron chi connectivity index (χ3n) is 3.27. The fourth-order valence-electron chi connectivity index (χ4n) is 2.53. The highest BCUT2D eigenvalue weighted by Crippen LogP contribution is 2.33. The number of fused-ring (bicyclic) bond motifs is 1. The van der Waals surface area contributed by atoms with E-state index >= 15 is 0 Å². The monoisotopic (exact) mass is 191 g/mol. The highest BCUT2D eigenvalue weighted by atomic mass is 15.0. The van der Waals surface area contributed by atoms with E-state index in [0.29, 0.717) is 6.04 Å². The van der Waals surface area contributed by atoms with E-state index in [1.165, 1.54) is 30.7 Å². The second kappa shape index (κ2) is 3.15. The molecule has 1 aliphatic heterocycles. The zero-order valence-electron chi connectivity index (χ0n) is 9.80. The van der Waals surface area contributed by atoms with Crippen molar-refractivity contribution in [1.82, 2.24) is 4.57 Å². The molecule has 0 N–H and O–H groups in total. The van der Waals surface area contributed by atoms with Crippen LogP contribution in [0.5, 0.6) is 0 Å². The summed E-state index contributed by atoms with van der Waals surface area (Å²) in [5, 5.41) is 0. The molecule has 1 aromatic rings. The van der Waals surface area contributed by atoms with E-state index in [2.05, 4.69) is 44.4 Å². The first kappa shape index (κ1) is 9.82. The van der Waals surface area contributed by atoms with E-state index < -0.39 is 0 Å². The molecule has 2 rings (SSSR count). The largest absolute Gasteiger partial charge is 0.345 e. The van der Waals surface area contributed by atoms with Gasteiger partial charge in [0.15, 0.2) is 0 Å². The molecule has 0 bridgehead atoms. The Morgan fingerprint density at radius 2 is 2.00 bits per heavy atom. The van der Waals surface area contributed by atoms with Gasteiger partial charge in [0, 0.05) is 22.8 Å². The van der Waals surface area contributed by atoms with E-state index in [1.54, 1.807) is 0 Å². The van der Waals surface area contributed by atoms with Gasteiger partial charge in [0.1, 0.15) is 0 Å². The number of aryl methyl sites for hydroxylation is 1. The van der Waals surface area contributed by atoms with Crippen LogP contribution in [0.15, 0.2) is 12.1 Å². The van der Waals surface area contributed by atoms with Crippen LogP contribution < -0.4 is 0 Å². The minimum atomic E-state index is 0.282. The van der Waals surface area contributed by atoms with Gasteiger partial charge in [-0.25, -0.2) is 0 Å². The van der Waals surface area contributed by atoms with Crippen LogP contribution in [-0.4, -0.2) is 4.57 Å². The molecule has 2 heterocycles. The molecule has 0 radical (unpaired) electrons. The summed E-state index contributed by atoms with van der Waals surface area (Å²) in [7, 11) is 0. The molecule has 1 atom stereocenters. The fraction of sp³-hybridized carbons (Fsp3) is 0.692.